The first kappa shape index (κ1) is 97.4. The van der Waals surface area contributed by atoms with E-state index in [2.05, 4.69) is 93.0 Å². The molecule has 0 spiro atoms. The van der Waals surface area contributed by atoms with Crippen LogP contribution in [0.4, 0.5) is 54.0 Å². The van der Waals surface area contributed by atoms with E-state index in [0.29, 0.717) is 101 Å². The third-order valence-corrected chi connectivity index (χ3v) is 22.1. The number of carbonyl (C=O) groups is 4. The highest BCUT2D eigenvalue weighted by molar-refractivity contribution is 14.1. The lowest BCUT2D eigenvalue weighted by Crippen LogP contribution is -2.20. The molecule has 0 saturated heterocycles. The van der Waals surface area contributed by atoms with Crippen molar-refractivity contribution in [2.45, 2.75) is 97.1 Å². The van der Waals surface area contributed by atoms with Crippen molar-refractivity contribution in [1.82, 2.24) is 39.9 Å². The van der Waals surface area contributed by atoms with Gasteiger partial charge in [-0.2, -0.15) is 0 Å². The summed E-state index contributed by atoms with van der Waals surface area (Å²) in [6.07, 6.45) is 10.3. The minimum atomic E-state index is -2.30. The largest absolute Gasteiger partial charge is 0.392 e. The van der Waals surface area contributed by atoms with E-state index in [0.717, 1.165) is 101 Å². The quantitative estimate of drug-likeness (QED) is 0.00867. The second-order valence-corrected chi connectivity index (χ2v) is 32.2. The SMILES string of the molecule is O=C(Cc1c(F)c(F)c(F)c(F)c1F)Nc1ncc(-c2ccc(CO)cc2)nc1CCc1ccccc1.O=C(Cc1ccc(F)c(F)c1)Nc1ncc(-c2ccc(CO)cc2)nc1CCc1ccccc1.O=C(Cc1ccc(I)cc1)Nc1ncc(-c2ccc(CO)cc2)nc1CCc1ccccc1.O=C(Nc1ncc(-c2ccc(CO)cc2)nc1CCc1ccccc1)c1ccccc1. The Balaban J connectivity index is 0.000000153. The van der Waals surface area contributed by atoms with Crippen LogP contribution in [0.25, 0.3) is 45.0 Å². The van der Waals surface area contributed by atoms with Crippen LogP contribution in [0.2, 0.25) is 0 Å². The molecule has 135 heavy (non-hydrogen) atoms. The maximum atomic E-state index is 14.0. The number of aliphatic hydroxyl groups is 4. The molecule has 0 unspecified atom stereocenters. The van der Waals surface area contributed by atoms with Crippen molar-refractivity contribution in [3.8, 4) is 45.0 Å². The molecule has 0 saturated carbocycles. The molecule has 28 heteroatoms. The van der Waals surface area contributed by atoms with E-state index in [1.807, 2.05) is 212 Å². The summed E-state index contributed by atoms with van der Waals surface area (Å²) in [7, 11) is 0. The van der Waals surface area contributed by atoms with E-state index in [-0.39, 0.29) is 56.9 Å². The number of nitrogens with zero attached hydrogens (tertiary/aromatic N) is 8. The monoisotopic (exact) mass is 1930 g/mol. The molecule has 4 amide bonds. The Kier molecular flexibility index (Phi) is 35.3. The van der Waals surface area contributed by atoms with Crippen molar-refractivity contribution in [1.29, 1.82) is 0 Å². The van der Waals surface area contributed by atoms with Crippen LogP contribution in [0.1, 0.15) is 94.3 Å². The Morgan fingerprint density at radius 3 is 0.837 bits per heavy atom. The van der Waals surface area contributed by atoms with Crippen molar-refractivity contribution in [3.63, 3.8) is 0 Å². The van der Waals surface area contributed by atoms with E-state index in [1.54, 1.807) is 55.0 Å². The second kappa shape index (κ2) is 48.9. The zero-order valence-electron chi connectivity index (χ0n) is 72.7. The van der Waals surface area contributed by atoms with Gasteiger partial charge in [0.2, 0.25) is 23.5 Å². The van der Waals surface area contributed by atoms with Gasteiger partial charge in [-0.15, -0.1) is 0 Å². The number of halogens is 8. The van der Waals surface area contributed by atoms with E-state index in [4.69, 9.17) is 15.0 Å². The van der Waals surface area contributed by atoms with Gasteiger partial charge in [-0.05, 0) is 166 Å². The van der Waals surface area contributed by atoms with Crippen LogP contribution in [-0.4, -0.2) is 83.9 Å². The summed E-state index contributed by atoms with van der Waals surface area (Å²) in [6.45, 7) is -0.169. The highest BCUT2D eigenvalue weighted by atomic mass is 127. The molecule has 8 N–H and O–H groups in total. The maximum absolute atomic E-state index is 14.0. The smallest absolute Gasteiger partial charge is 0.256 e. The normalized spacial score (nSPS) is 10.8. The predicted octanol–water partition coefficient (Wildman–Crippen LogP) is 20.1. The molecule has 0 aliphatic rings. The second-order valence-electron chi connectivity index (χ2n) is 31.0. The first-order chi connectivity index (χ1) is 65.6. The van der Waals surface area contributed by atoms with Gasteiger partial charge in [0.05, 0.1) is 116 Å². The van der Waals surface area contributed by atoms with E-state index in [9.17, 15) is 70.3 Å². The molecule has 0 fully saturated rings. The van der Waals surface area contributed by atoms with Crippen molar-refractivity contribution in [3.05, 3.63) is 450 Å². The van der Waals surface area contributed by atoms with Gasteiger partial charge in [0.1, 0.15) is 0 Å². The Morgan fingerprint density at radius 2 is 0.533 bits per heavy atom. The molecular formula is C107H90F7IN12O8. The fourth-order valence-corrected chi connectivity index (χ4v) is 14.4. The molecule has 0 atom stereocenters. The van der Waals surface area contributed by atoms with Crippen LogP contribution < -0.4 is 21.3 Å². The van der Waals surface area contributed by atoms with Crippen molar-refractivity contribution < 1.29 is 70.3 Å². The van der Waals surface area contributed by atoms with Crippen molar-refractivity contribution in [2.75, 3.05) is 21.3 Å². The summed E-state index contributed by atoms with van der Waals surface area (Å²) in [6, 6.07) is 89.5. The molecule has 4 aromatic heterocycles. The first-order valence-electron chi connectivity index (χ1n) is 43.0. The number of rotatable bonds is 31. The zero-order chi connectivity index (χ0) is 95.0. The third kappa shape index (κ3) is 28.2. The molecule has 16 rings (SSSR count). The zero-order valence-corrected chi connectivity index (χ0v) is 74.8. The van der Waals surface area contributed by atoms with E-state index in [1.165, 1.54) is 23.4 Å². The van der Waals surface area contributed by atoms with Gasteiger partial charge in [-0.1, -0.05) is 255 Å². The highest BCUT2D eigenvalue weighted by Crippen LogP contribution is 2.31. The topological polar surface area (TPSA) is 300 Å². The average Bonchev–Trinajstić information content (AvgIpc) is 0.790. The number of hydrogen-bond acceptors (Lipinski definition) is 16. The predicted molar refractivity (Wildman–Crippen MR) is 512 cm³/mol. The van der Waals surface area contributed by atoms with Crippen LogP contribution in [0.3, 0.4) is 0 Å². The molecule has 0 aliphatic carbocycles. The minimum Gasteiger partial charge on any atom is -0.392 e. The number of aliphatic hydroxyl groups excluding tert-OH is 4. The summed E-state index contributed by atoms with van der Waals surface area (Å²) in [5.74, 6) is -13.1. The van der Waals surface area contributed by atoms with Gasteiger partial charge in [-0.3, -0.25) is 19.2 Å². The average molecular weight is 1930 g/mol. The lowest BCUT2D eigenvalue weighted by molar-refractivity contribution is -0.116. The van der Waals surface area contributed by atoms with Crippen LogP contribution in [-0.2, 0) is 111 Å². The van der Waals surface area contributed by atoms with Gasteiger partial charge in [0, 0.05) is 37.0 Å². The maximum Gasteiger partial charge on any atom is 0.256 e. The first-order valence-corrected chi connectivity index (χ1v) is 44.1. The molecule has 16 aromatic rings. The van der Waals surface area contributed by atoms with E-state index >= 15 is 0 Å². The molecule has 682 valence electrons. The fourth-order valence-electron chi connectivity index (χ4n) is 14.0. The lowest BCUT2D eigenvalue weighted by Gasteiger charge is -2.13. The Hall–Kier alpha value is -15.1. The Bertz CT molecular complexity index is 6660. The third-order valence-electron chi connectivity index (χ3n) is 21.4. The summed E-state index contributed by atoms with van der Waals surface area (Å²) < 4.78 is 96.3. The number of benzene rings is 12. The molecule has 0 bridgehead atoms. The standard InChI is InChI=1S/C27H20F5N3O2.C27H23F2N3O2.C27H24IN3O2.C26H23N3O2/c28-22-18(23(29)25(31)26(32)24(22)30)12-21(37)35-27-19(11-8-15-4-2-1-3-5-15)34-20(13-33-27)17-9-6-16(14-36)7-10-17;28-22-12-8-20(14-23(22)29)15-26(34)32-27-24(13-9-18-4-2-1-3-5-18)31-25(16-30-27)21-10-6-19(17-33)7-11-21;28-23-13-8-20(9-14-23)16-26(33)31-27-24(15-10-19-4-2-1-3-5-19)30-25(17-29-27)22-11-6-21(18-32)7-12-22;30-18-20-11-14-21(15-12-20)24-17-27-25(29-26(31)22-9-5-2-6-10-22)23(28-24)16-13-19-7-3-1-4-8-19/h1-7,9-10,13,36H,8,11-12,14H2,(H,33,35,37);1-8,10-12,14,16,33H,9,13,15,17H2,(H,30,32,34);1-9,11-14,17,32H,10,15-16,18H2,(H,29,31,33);1-12,14-15,17,30H,13,16,18H2,(H,27,29,31). The fraction of sp³-hybridized carbons (Fsp3) is 0.140. The van der Waals surface area contributed by atoms with Gasteiger partial charge >= 0.3 is 0 Å². The molecule has 4 heterocycles. The number of aromatic nitrogens is 8. The lowest BCUT2D eigenvalue weighted by atomic mass is 10.1. The number of carbonyl (C=O) groups excluding carboxylic acids is 4. The van der Waals surface area contributed by atoms with Crippen LogP contribution in [0, 0.1) is 44.3 Å². The summed E-state index contributed by atoms with van der Waals surface area (Å²) in [5, 5.41) is 48.1. The highest BCUT2D eigenvalue weighted by Gasteiger charge is 2.28. The van der Waals surface area contributed by atoms with Crippen molar-refractivity contribution >= 4 is 69.5 Å². The van der Waals surface area contributed by atoms with Crippen molar-refractivity contribution in [2.24, 2.45) is 0 Å². The minimum absolute atomic E-state index is 0.000181. The summed E-state index contributed by atoms with van der Waals surface area (Å²) in [4.78, 5) is 87.3. The molecule has 0 radical (unpaired) electrons. The number of anilines is 4. The Morgan fingerprint density at radius 1 is 0.267 bits per heavy atom. The van der Waals surface area contributed by atoms with Crippen LogP contribution in [0.15, 0.2) is 316 Å². The summed E-state index contributed by atoms with van der Waals surface area (Å²) >= 11 is 2.25. The van der Waals surface area contributed by atoms with Gasteiger partial charge in [0.25, 0.3) is 5.91 Å². The van der Waals surface area contributed by atoms with Crippen LogP contribution >= 0.6 is 22.6 Å². The molecule has 12 aromatic carbocycles. The molecular weight excluding hydrogens is 1840 g/mol. The van der Waals surface area contributed by atoms with E-state index < -0.39 is 64.5 Å². The number of hydrogen-bond donors (Lipinski definition) is 8. The number of aryl methyl sites for hydroxylation is 8. The van der Waals surface area contributed by atoms with Gasteiger partial charge in [0.15, 0.2) is 58.2 Å². The number of nitrogens with one attached hydrogen (secondary N) is 4. The summed E-state index contributed by atoms with van der Waals surface area (Å²) in [5.41, 5.74) is 16.7. The number of amides is 4. The molecule has 20 nitrogen and oxygen atoms in total. The Labute approximate surface area is 787 Å². The van der Waals surface area contributed by atoms with Gasteiger partial charge < -0.3 is 41.7 Å². The van der Waals surface area contributed by atoms with Crippen LogP contribution in [0.5, 0.6) is 0 Å². The van der Waals surface area contributed by atoms with Gasteiger partial charge in [-0.25, -0.2) is 70.6 Å². The molecule has 0 aliphatic heterocycles.